The van der Waals surface area contributed by atoms with Gasteiger partial charge in [-0.25, -0.2) is 19.4 Å². The van der Waals surface area contributed by atoms with Crippen molar-refractivity contribution in [2.24, 2.45) is 9.98 Å². The minimum Gasteiger partial charge on any atom is -0.497 e. The zero-order valence-corrected chi connectivity index (χ0v) is 49.1. The maximum Gasteiger partial charge on any atom is 0.418 e. The third-order valence-electron chi connectivity index (χ3n) is 16.3. The normalized spacial score (nSPS) is 18.5. The highest BCUT2D eigenvalue weighted by molar-refractivity contribution is 6.33. The van der Waals surface area contributed by atoms with E-state index in [1.165, 1.54) is 13.0 Å². The fraction of sp³-hybridized carbons (Fsp3) is 0.354. The molecule has 0 spiro atoms. The van der Waals surface area contributed by atoms with Crippen molar-refractivity contribution in [3.8, 4) is 40.0 Å². The number of aryl methyl sites for hydroxylation is 1. The van der Waals surface area contributed by atoms with E-state index in [2.05, 4.69) is 15.1 Å². The molecule has 444 valence electrons. The van der Waals surface area contributed by atoms with Crippen LogP contribution in [-0.2, 0) is 41.8 Å². The molecule has 85 heavy (non-hydrogen) atoms. The largest absolute Gasteiger partial charge is 0.497 e. The van der Waals surface area contributed by atoms with E-state index in [0.717, 1.165) is 52.2 Å². The molecule has 0 bridgehead atoms. The summed E-state index contributed by atoms with van der Waals surface area (Å²) in [5.74, 6) is 1.26. The molecule has 4 aliphatic heterocycles. The van der Waals surface area contributed by atoms with Gasteiger partial charge in [-0.05, 0) is 115 Å². The molecule has 1 N–H and O–H groups in total. The molecule has 0 radical (unpaired) electrons. The van der Waals surface area contributed by atoms with Crippen molar-refractivity contribution < 1.29 is 50.7 Å². The van der Waals surface area contributed by atoms with E-state index in [9.17, 15) is 0 Å². The first-order valence-corrected chi connectivity index (χ1v) is 28.6. The summed E-state index contributed by atoms with van der Waals surface area (Å²) >= 11 is 7.43. The molecule has 0 saturated carbocycles. The topological polar surface area (TPSA) is 137 Å². The summed E-state index contributed by atoms with van der Waals surface area (Å²) in [6, 6.07) is 34.8. The van der Waals surface area contributed by atoms with Crippen molar-refractivity contribution in [3.63, 3.8) is 0 Å². The molecule has 4 aliphatic rings. The highest BCUT2D eigenvalue weighted by Gasteiger charge is 2.43. The Morgan fingerprint density at radius 3 is 1.87 bits per heavy atom. The predicted molar refractivity (Wildman–Crippen MR) is 318 cm³/mol. The van der Waals surface area contributed by atoms with Crippen LogP contribution in [0.3, 0.4) is 0 Å². The van der Waals surface area contributed by atoms with Crippen LogP contribution in [0, 0.1) is 12.7 Å². The van der Waals surface area contributed by atoms with E-state index in [-0.39, 0.29) is 77.6 Å². The van der Waals surface area contributed by atoms with Crippen LogP contribution in [0.25, 0.3) is 17.0 Å². The number of ether oxygens (including phenoxy) is 7. The summed E-state index contributed by atoms with van der Waals surface area (Å²) in [6.45, 7) is 7.96. The van der Waals surface area contributed by atoms with E-state index < -0.39 is 46.5 Å². The molecule has 0 unspecified atom stereocenters. The standard InChI is InChI=1S/C65H67ClF4N8O7/c1-38-29-52(76(31-41-10-20-47(79-4)21-11-41)32-42-12-22-48(80-5)23-13-42)74-59(55(38)65(68,69)70)53-56(66)60-54-61(73-37-72-60)58(75-64(85-62(54)57(53)67)84-36-46-19-18-45-35-83-39(2)30-78(45)46)40(3)51-9-8-28-71-63(51)77(33-43-14-24-49(81-6)25-15-43)34-44-16-26-50(82-7)27-17-44/h8-17,20-29,39-40,45-46,58,73H,18-19,30-37H2,1-7H3/t39-,40-,45+,46+,58-/m1/s1. The van der Waals surface area contributed by atoms with Crippen molar-refractivity contribution >= 4 is 35.0 Å². The van der Waals surface area contributed by atoms with Gasteiger partial charge in [0.15, 0.2) is 11.6 Å². The minimum atomic E-state index is -5.03. The monoisotopic (exact) mass is 1180 g/mol. The first-order chi connectivity index (χ1) is 41.1. The smallest absolute Gasteiger partial charge is 0.418 e. The second kappa shape index (κ2) is 25.2. The van der Waals surface area contributed by atoms with Gasteiger partial charge in [0.1, 0.15) is 54.0 Å². The second-order valence-electron chi connectivity index (χ2n) is 21.8. The number of methoxy groups -OCH3 is 4. The van der Waals surface area contributed by atoms with Crippen LogP contribution < -0.4 is 49.4 Å². The zero-order chi connectivity index (χ0) is 59.5. The van der Waals surface area contributed by atoms with Gasteiger partial charge in [-0.1, -0.05) is 73.1 Å². The molecule has 11 rings (SSSR count). The van der Waals surface area contributed by atoms with Crippen LogP contribution in [0.15, 0.2) is 131 Å². The number of aromatic nitrogens is 2. The fourth-order valence-corrected chi connectivity index (χ4v) is 12.2. The number of fused-ring (bicyclic) bond motifs is 1. The Kier molecular flexibility index (Phi) is 17.4. The third-order valence-corrected chi connectivity index (χ3v) is 16.7. The first-order valence-electron chi connectivity index (χ1n) is 28.3. The van der Waals surface area contributed by atoms with Gasteiger partial charge in [0, 0.05) is 62.5 Å². The lowest BCUT2D eigenvalue weighted by Gasteiger charge is -2.37. The molecule has 15 nitrogen and oxygen atoms in total. The average molecular weight is 1180 g/mol. The Bertz CT molecular complexity index is 3590. The van der Waals surface area contributed by atoms with Crippen LogP contribution in [0.2, 0.25) is 5.02 Å². The van der Waals surface area contributed by atoms with Gasteiger partial charge in [0.05, 0.1) is 79.3 Å². The van der Waals surface area contributed by atoms with E-state index in [1.807, 2.05) is 104 Å². The van der Waals surface area contributed by atoms with E-state index >= 15 is 17.6 Å². The van der Waals surface area contributed by atoms with Gasteiger partial charge in [0.2, 0.25) is 0 Å². The van der Waals surface area contributed by atoms with Gasteiger partial charge in [-0.3, -0.25) is 9.89 Å². The molecule has 0 amide bonds. The van der Waals surface area contributed by atoms with Crippen LogP contribution in [0.5, 0.6) is 28.7 Å². The van der Waals surface area contributed by atoms with Gasteiger partial charge in [-0.2, -0.15) is 13.2 Å². The number of hydrogen-bond acceptors (Lipinski definition) is 15. The van der Waals surface area contributed by atoms with Crippen LogP contribution in [-0.4, -0.2) is 100 Å². The molecule has 5 aromatic carbocycles. The summed E-state index contributed by atoms with van der Waals surface area (Å²) in [7, 11) is 6.38. The molecule has 6 heterocycles. The summed E-state index contributed by atoms with van der Waals surface area (Å²) in [6.07, 6.45) is -1.88. The summed E-state index contributed by atoms with van der Waals surface area (Å²) < 4.78 is 107. The number of aliphatic imine (C=N–C) groups is 1. The van der Waals surface area contributed by atoms with Gasteiger partial charge in [-0.15, -0.1) is 0 Å². The van der Waals surface area contributed by atoms with Crippen molar-refractivity contribution in [2.45, 2.75) is 96.1 Å². The van der Waals surface area contributed by atoms with Crippen molar-refractivity contribution in [2.75, 3.05) is 64.7 Å². The third kappa shape index (κ3) is 12.5. The first kappa shape index (κ1) is 58.6. The minimum absolute atomic E-state index is 0.00157. The van der Waals surface area contributed by atoms with Crippen LogP contribution in [0.1, 0.15) is 71.6 Å². The van der Waals surface area contributed by atoms with Crippen LogP contribution >= 0.6 is 11.6 Å². The SMILES string of the molecule is COc1ccc(CN(Cc2ccc(OC)cc2)c2cc(C)c(C(F)(F)F)c(-c3c(F)c4c5c(c3Cl)=NCNC=5[C@@H]([C@H](C)c3cccnc3N(Cc3ccc(OC)cc3)Cc3ccc(OC)cc3)N=C(OC[C@@H]3CC[C@H]5CO[C@H](C)CN35)O4)n2)cc1. The van der Waals surface area contributed by atoms with Gasteiger partial charge in [0.25, 0.3) is 0 Å². The molecule has 20 heteroatoms. The van der Waals surface area contributed by atoms with Gasteiger partial charge < -0.3 is 48.3 Å². The van der Waals surface area contributed by atoms with Crippen molar-refractivity contribution in [1.29, 1.82) is 0 Å². The lowest BCUT2D eigenvalue weighted by atomic mass is 9.89. The second-order valence-corrected chi connectivity index (χ2v) is 22.1. The van der Waals surface area contributed by atoms with Crippen LogP contribution in [0.4, 0.5) is 29.2 Å². The number of halogens is 5. The number of rotatable bonds is 19. The Balaban J connectivity index is 1.06. The van der Waals surface area contributed by atoms with Crippen molar-refractivity contribution in [3.05, 3.63) is 182 Å². The Hall–Kier alpha value is -8.13. The number of nitrogens with zero attached hydrogens (tertiary/aromatic N) is 7. The lowest BCUT2D eigenvalue weighted by Crippen LogP contribution is -2.49. The molecule has 0 aliphatic carbocycles. The zero-order valence-electron chi connectivity index (χ0n) is 48.4. The summed E-state index contributed by atoms with van der Waals surface area (Å²) in [5.41, 5.74) is 2.02. The lowest BCUT2D eigenvalue weighted by molar-refractivity contribution is -0.137. The molecular formula is C65H67ClF4N8O7. The van der Waals surface area contributed by atoms with E-state index in [1.54, 1.807) is 58.9 Å². The van der Waals surface area contributed by atoms with Gasteiger partial charge >= 0.3 is 12.3 Å². The summed E-state index contributed by atoms with van der Waals surface area (Å²) in [4.78, 5) is 26.2. The van der Waals surface area contributed by atoms with E-state index in [4.69, 9.17) is 64.7 Å². The number of anilines is 2. The van der Waals surface area contributed by atoms with Crippen molar-refractivity contribution in [1.82, 2.24) is 20.2 Å². The molecule has 5 atom stereocenters. The van der Waals surface area contributed by atoms with E-state index in [0.29, 0.717) is 49.3 Å². The maximum atomic E-state index is 18.7. The number of alkyl halides is 3. The highest BCUT2D eigenvalue weighted by Crippen LogP contribution is 2.45. The predicted octanol–water partition coefficient (Wildman–Crippen LogP) is 11.2. The molecule has 7 aromatic rings. The molecule has 2 fully saturated rings. The average Bonchev–Trinajstić information content (AvgIpc) is 1.95. The Morgan fingerprint density at radius 1 is 0.776 bits per heavy atom. The molecular weight excluding hydrogens is 1120 g/mol. The molecule has 2 aromatic heterocycles. The molecule has 2 saturated heterocycles. The number of pyridine rings is 2. The summed E-state index contributed by atoms with van der Waals surface area (Å²) in [5, 5.41) is 3.12. The Labute approximate surface area is 496 Å². The number of morpholine rings is 1. The highest BCUT2D eigenvalue weighted by atomic mass is 35.5. The number of nitrogens with one attached hydrogen (secondary N) is 1. The number of hydrogen-bond donors (Lipinski definition) is 1. The number of benzene rings is 5. The fourth-order valence-electron chi connectivity index (χ4n) is 11.9. The maximum absolute atomic E-state index is 18.7. The Morgan fingerprint density at radius 2 is 1.33 bits per heavy atom. The quantitative estimate of drug-likeness (QED) is 0.0770.